The van der Waals surface area contributed by atoms with E-state index in [2.05, 4.69) is 27.5 Å². The largest absolute Gasteiger partial charge is 0.388 e. The van der Waals surface area contributed by atoms with Crippen LogP contribution < -0.4 is 5.43 Å². The summed E-state index contributed by atoms with van der Waals surface area (Å²) in [6.45, 7) is 5.66. The number of nitriles is 1. The van der Waals surface area contributed by atoms with Gasteiger partial charge < -0.3 is 10.1 Å². The Morgan fingerprint density at radius 2 is 2.24 bits per heavy atom. The van der Waals surface area contributed by atoms with Gasteiger partial charge in [0.05, 0.1) is 17.7 Å². The summed E-state index contributed by atoms with van der Waals surface area (Å²) in [6, 6.07) is 3.35. The first-order valence-electron chi connectivity index (χ1n) is 10.1. The monoisotopic (exact) mass is 465 g/mol. The second-order valence-electron chi connectivity index (χ2n) is 6.79. The molecule has 0 saturated heterocycles. The van der Waals surface area contributed by atoms with Crippen LogP contribution in [0.15, 0.2) is 93.0 Å². The summed E-state index contributed by atoms with van der Waals surface area (Å²) in [7, 11) is 3.25. The number of aromatic nitrogens is 2. The van der Waals surface area contributed by atoms with Gasteiger partial charge in [-0.1, -0.05) is 36.4 Å². The normalized spacial score (nSPS) is 16.5. The Labute approximate surface area is 199 Å². The van der Waals surface area contributed by atoms with E-state index in [1.165, 1.54) is 18.3 Å². The number of methoxy groups -OCH3 is 1. The Kier molecular flexibility index (Phi) is 12.7. The lowest BCUT2D eigenvalue weighted by Gasteiger charge is -2.19. The highest BCUT2D eigenvalue weighted by Crippen LogP contribution is 2.28. The molecule has 8 heteroatoms. The molecule has 1 atom stereocenters. The predicted molar refractivity (Wildman–Crippen MR) is 135 cm³/mol. The molecular formula is C25H28ClN5O2. The first-order valence-corrected chi connectivity index (χ1v) is 10.4. The van der Waals surface area contributed by atoms with Crippen LogP contribution in [0.4, 0.5) is 0 Å². The van der Waals surface area contributed by atoms with Crippen molar-refractivity contribution >= 4 is 24.0 Å². The molecule has 0 fully saturated rings. The van der Waals surface area contributed by atoms with Crippen LogP contribution >= 0.6 is 11.6 Å². The summed E-state index contributed by atoms with van der Waals surface area (Å²) in [6.07, 6.45) is 17.1. The molecule has 0 aromatic carbocycles. The van der Waals surface area contributed by atoms with Crippen molar-refractivity contribution in [1.82, 2.24) is 9.78 Å². The molecule has 0 radical (unpaired) electrons. The maximum absolute atomic E-state index is 12.4. The number of nitrogens with one attached hydrogen (secondary N) is 1. The molecule has 1 heterocycles. The van der Waals surface area contributed by atoms with Gasteiger partial charge in [0.25, 0.3) is 0 Å². The van der Waals surface area contributed by atoms with Crippen LogP contribution in [0.2, 0.25) is 0 Å². The van der Waals surface area contributed by atoms with Gasteiger partial charge in [0.1, 0.15) is 5.69 Å². The number of allylic oxidation sites excluding steroid dienone is 10. The van der Waals surface area contributed by atoms with Crippen molar-refractivity contribution in [3.05, 3.63) is 99.2 Å². The summed E-state index contributed by atoms with van der Waals surface area (Å²) in [5.74, 6) is 0. The first kappa shape index (κ1) is 27.4. The van der Waals surface area contributed by atoms with Gasteiger partial charge in [0, 0.05) is 63.0 Å². The minimum atomic E-state index is -0.224. The van der Waals surface area contributed by atoms with Crippen LogP contribution in [-0.2, 0) is 11.2 Å². The standard InChI is InChI=1S/C23H22ClN5O.C2H6O/c1-3-17(10-18(4-2)16-27-8-5-7-25)13-22-23(30)6-9-29(28-22)21-12-19(15-26)11-20(24)14-21;1-3-2/h3-12,16,21,25H,2,13-14H2,1H3;1-2H3/b8-5-,17-3+,18-10+,25-7?,27-16-;. The molecule has 2 rings (SSSR count). The fourth-order valence-electron chi connectivity index (χ4n) is 2.77. The van der Waals surface area contributed by atoms with E-state index >= 15 is 0 Å². The van der Waals surface area contributed by atoms with E-state index in [0.29, 0.717) is 29.1 Å². The van der Waals surface area contributed by atoms with Gasteiger partial charge in [-0.25, -0.2) is 0 Å². The van der Waals surface area contributed by atoms with E-state index in [9.17, 15) is 10.1 Å². The van der Waals surface area contributed by atoms with Crippen LogP contribution in [0.5, 0.6) is 0 Å². The van der Waals surface area contributed by atoms with Crippen LogP contribution in [-0.4, -0.2) is 36.4 Å². The van der Waals surface area contributed by atoms with Crippen LogP contribution in [0.25, 0.3) is 0 Å². The molecule has 1 N–H and O–H groups in total. The highest BCUT2D eigenvalue weighted by molar-refractivity contribution is 6.29. The molecule has 0 amide bonds. The number of hydrogen-bond donors (Lipinski definition) is 1. The number of ether oxygens (including phenoxy) is 1. The average molecular weight is 466 g/mol. The van der Waals surface area contributed by atoms with Gasteiger partial charge >= 0.3 is 0 Å². The molecule has 7 nitrogen and oxygen atoms in total. The van der Waals surface area contributed by atoms with Crippen molar-refractivity contribution in [3.8, 4) is 6.07 Å². The van der Waals surface area contributed by atoms with Crippen molar-refractivity contribution in [2.24, 2.45) is 4.99 Å². The molecule has 172 valence electrons. The molecule has 33 heavy (non-hydrogen) atoms. The van der Waals surface area contributed by atoms with Gasteiger partial charge in [0.15, 0.2) is 0 Å². The summed E-state index contributed by atoms with van der Waals surface area (Å²) >= 11 is 6.16. The molecule has 1 aliphatic carbocycles. The highest BCUT2D eigenvalue weighted by atomic mass is 35.5. The number of halogens is 1. The first-order chi connectivity index (χ1) is 15.9. The van der Waals surface area contributed by atoms with Gasteiger partial charge in [-0.2, -0.15) is 10.4 Å². The topological polar surface area (TPSA) is 104 Å². The molecule has 1 unspecified atom stereocenters. The summed E-state index contributed by atoms with van der Waals surface area (Å²) in [4.78, 5) is 16.5. The summed E-state index contributed by atoms with van der Waals surface area (Å²) < 4.78 is 5.92. The van der Waals surface area contributed by atoms with E-state index in [1.807, 2.05) is 19.1 Å². The Bertz CT molecular complexity index is 1110. The Hall–Kier alpha value is -3.60. The fourth-order valence-corrected chi connectivity index (χ4v) is 3.04. The summed E-state index contributed by atoms with van der Waals surface area (Å²) in [5, 5.41) is 21.2. The Morgan fingerprint density at radius 1 is 1.52 bits per heavy atom. The lowest BCUT2D eigenvalue weighted by atomic mass is 10.0. The molecule has 0 bridgehead atoms. The quantitative estimate of drug-likeness (QED) is 0.437. The number of rotatable bonds is 8. The zero-order valence-electron chi connectivity index (χ0n) is 19.0. The van der Waals surface area contributed by atoms with E-state index in [4.69, 9.17) is 17.0 Å². The predicted octanol–water partition coefficient (Wildman–Crippen LogP) is 4.86. The van der Waals surface area contributed by atoms with Gasteiger partial charge in [-0.3, -0.25) is 14.5 Å². The number of hydrogen-bond acceptors (Lipinski definition) is 6. The van der Waals surface area contributed by atoms with E-state index in [0.717, 1.165) is 17.4 Å². The third-order valence-corrected chi connectivity index (χ3v) is 4.54. The smallest absolute Gasteiger partial charge is 0.203 e. The van der Waals surface area contributed by atoms with Crippen molar-refractivity contribution in [2.75, 3.05) is 14.2 Å². The highest BCUT2D eigenvalue weighted by Gasteiger charge is 2.17. The van der Waals surface area contributed by atoms with Crippen LogP contribution in [0.1, 0.15) is 25.1 Å². The molecule has 1 aromatic rings. The minimum Gasteiger partial charge on any atom is -0.388 e. The fraction of sp³-hybridized carbons (Fsp3) is 0.240. The number of aliphatic imine (C=N–C) groups is 1. The maximum Gasteiger partial charge on any atom is 0.203 e. The Morgan fingerprint density at radius 3 is 2.85 bits per heavy atom. The van der Waals surface area contributed by atoms with E-state index in [1.54, 1.807) is 49.5 Å². The third-order valence-electron chi connectivity index (χ3n) is 4.28. The molecule has 1 aromatic heterocycles. The lowest BCUT2D eigenvalue weighted by molar-refractivity contribution is 0.277. The maximum atomic E-state index is 12.4. The van der Waals surface area contributed by atoms with E-state index < -0.39 is 0 Å². The zero-order chi connectivity index (χ0) is 24.6. The second-order valence-corrected chi connectivity index (χ2v) is 7.27. The zero-order valence-corrected chi connectivity index (χ0v) is 19.8. The second kappa shape index (κ2) is 15.2. The van der Waals surface area contributed by atoms with Crippen molar-refractivity contribution in [3.63, 3.8) is 0 Å². The molecule has 0 saturated carbocycles. The minimum absolute atomic E-state index is 0.163. The number of nitrogens with zero attached hydrogens (tertiary/aromatic N) is 4. The molecule has 0 spiro atoms. The van der Waals surface area contributed by atoms with Crippen LogP contribution in [0.3, 0.4) is 0 Å². The van der Waals surface area contributed by atoms with Crippen LogP contribution in [0, 0.1) is 16.7 Å². The SMILES string of the molecule is C=CC(/C=N\C=C/C=N)=C\C(=C/C)Cc1nn(C2C=C(C#N)C=C(Cl)C2)ccc1=O.COC. The molecule has 0 aliphatic heterocycles. The van der Waals surface area contributed by atoms with Crippen molar-refractivity contribution in [1.29, 1.82) is 10.7 Å². The lowest BCUT2D eigenvalue weighted by Crippen LogP contribution is -2.21. The summed E-state index contributed by atoms with van der Waals surface area (Å²) in [5.41, 5.74) is 2.35. The third kappa shape index (κ3) is 9.60. The molecule has 1 aliphatic rings. The van der Waals surface area contributed by atoms with Gasteiger partial charge in [0.2, 0.25) is 5.43 Å². The van der Waals surface area contributed by atoms with E-state index in [-0.39, 0.29) is 11.5 Å². The van der Waals surface area contributed by atoms with Gasteiger partial charge in [-0.05, 0) is 36.3 Å². The van der Waals surface area contributed by atoms with Crippen molar-refractivity contribution < 1.29 is 4.74 Å². The Balaban J connectivity index is 0.00000172. The van der Waals surface area contributed by atoms with Gasteiger partial charge in [-0.15, -0.1) is 0 Å². The molecular weight excluding hydrogens is 438 g/mol. The average Bonchev–Trinajstić information content (AvgIpc) is 2.81. The van der Waals surface area contributed by atoms with Crippen molar-refractivity contribution in [2.45, 2.75) is 25.8 Å².